The zero-order valence-corrected chi connectivity index (χ0v) is 14.5. The number of ketones is 1. The number of halogens is 1. The molecular weight excluding hydrogens is 336 g/mol. The van der Waals surface area contributed by atoms with Gasteiger partial charge in [-0.05, 0) is 31.2 Å². The summed E-state index contributed by atoms with van der Waals surface area (Å²) in [7, 11) is 0. The minimum Gasteiger partial charge on any atom is -0.384 e. The first-order valence-corrected chi connectivity index (χ1v) is 7.86. The average molecular weight is 353 g/mol. The van der Waals surface area contributed by atoms with Gasteiger partial charge in [-0.1, -0.05) is 48.0 Å². The van der Waals surface area contributed by atoms with Gasteiger partial charge in [0, 0.05) is 10.6 Å². The van der Waals surface area contributed by atoms with Gasteiger partial charge in [-0.3, -0.25) is 4.79 Å². The number of carbonyl (C=O) groups is 1. The lowest BCUT2D eigenvalue weighted by atomic mass is 10.0. The Hall–Kier alpha value is -3.10. The van der Waals surface area contributed by atoms with Crippen LogP contribution in [0, 0.1) is 18.3 Å². The third kappa shape index (κ3) is 4.69. The Balaban J connectivity index is 2.43. The summed E-state index contributed by atoms with van der Waals surface area (Å²) in [6.45, 7) is 5.61. The highest BCUT2D eigenvalue weighted by Crippen LogP contribution is 2.21. The van der Waals surface area contributed by atoms with Crippen LogP contribution in [-0.4, -0.2) is 11.5 Å². The maximum atomic E-state index is 12.7. The second kappa shape index (κ2) is 8.13. The van der Waals surface area contributed by atoms with E-state index in [1.807, 2.05) is 25.1 Å². The van der Waals surface area contributed by atoms with Gasteiger partial charge in [0.2, 0.25) is 5.78 Å². The predicted molar refractivity (Wildman–Crippen MR) is 100 cm³/mol. The van der Waals surface area contributed by atoms with Crippen molar-refractivity contribution in [3.05, 3.63) is 77.1 Å². The standard InChI is InChI=1S/C19H17ClN4O/c1-13-3-5-15(6-4-13)19(25)18(11-12-21)23-24(14(2)22)17-9-7-16(20)8-10-17/h3-10H,2,11,22H2,1H3/b23-18+. The molecule has 0 aliphatic rings. The molecule has 25 heavy (non-hydrogen) atoms. The summed E-state index contributed by atoms with van der Waals surface area (Å²) in [5.74, 6) is -0.212. The van der Waals surface area contributed by atoms with Crippen molar-refractivity contribution < 1.29 is 4.79 Å². The molecule has 2 aromatic rings. The van der Waals surface area contributed by atoms with Gasteiger partial charge in [-0.25, -0.2) is 5.01 Å². The fourth-order valence-electron chi connectivity index (χ4n) is 2.10. The van der Waals surface area contributed by atoms with Crippen LogP contribution < -0.4 is 10.7 Å². The average Bonchev–Trinajstić information content (AvgIpc) is 2.59. The number of Topliss-reactive ketones (excluding diaryl/α,β-unsaturated/α-hetero) is 1. The molecule has 0 aromatic heterocycles. The Bertz CT molecular complexity index is 848. The molecule has 0 radical (unpaired) electrons. The first-order chi connectivity index (χ1) is 11.9. The molecular formula is C19H17ClN4O. The van der Waals surface area contributed by atoms with Gasteiger partial charge in [0.15, 0.2) is 0 Å². The molecule has 2 rings (SSSR count). The van der Waals surface area contributed by atoms with Gasteiger partial charge >= 0.3 is 0 Å². The van der Waals surface area contributed by atoms with Gasteiger partial charge in [-0.15, -0.1) is 0 Å². The number of aryl methyl sites for hydroxylation is 1. The highest BCUT2D eigenvalue weighted by Gasteiger charge is 2.17. The Labute approximate surface area is 151 Å². The van der Waals surface area contributed by atoms with Crippen molar-refractivity contribution in [2.45, 2.75) is 13.3 Å². The van der Waals surface area contributed by atoms with Crippen LogP contribution >= 0.6 is 11.6 Å². The molecule has 0 unspecified atom stereocenters. The summed E-state index contributed by atoms with van der Waals surface area (Å²) in [4.78, 5) is 12.7. The van der Waals surface area contributed by atoms with E-state index in [1.54, 1.807) is 36.4 Å². The summed E-state index contributed by atoms with van der Waals surface area (Å²) in [6.07, 6.45) is -0.149. The number of benzene rings is 2. The maximum Gasteiger partial charge on any atom is 0.210 e. The van der Waals surface area contributed by atoms with Crippen molar-refractivity contribution in [1.82, 2.24) is 0 Å². The first kappa shape index (κ1) is 18.2. The lowest BCUT2D eigenvalue weighted by Gasteiger charge is -2.19. The van der Waals surface area contributed by atoms with Crippen molar-refractivity contribution in [3.63, 3.8) is 0 Å². The number of nitrogens with zero attached hydrogens (tertiary/aromatic N) is 3. The third-order valence-electron chi connectivity index (χ3n) is 3.39. The Morgan fingerprint density at radius 3 is 2.36 bits per heavy atom. The molecule has 0 saturated carbocycles. The van der Waals surface area contributed by atoms with Crippen LogP contribution in [0.1, 0.15) is 22.3 Å². The SMILES string of the molecule is C=C(N)N(/N=C(\CC#N)C(=O)c1ccc(C)cc1)c1ccc(Cl)cc1. The Kier molecular flexibility index (Phi) is 5.93. The van der Waals surface area contributed by atoms with Crippen molar-refractivity contribution in [1.29, 1.82) is 5.26 Å². The molecule has 126 valence electrons. The van der Waals surface area contributed by atoms with Gasteiger partial charge in [0.05, 0.1) is 18.2 Å². The zero-order chi connectivity index (χ0) is 18.4. The lowest BCUT2D eigenvalue weighted by molar-refractivity contribution is 0.106. The number of hydrogen-bond acceptors (Lipinski definition) is 5. The Morgan fingerprint density at radius 1 is 1.24 bits per heavy atom. The van der Waals surface area contributed by atoms with E-state index in [2.05, 4.69) is 11.7 Å². The maximum absolute atomic E-state index is 12.7. The van der Waals surface area contributed by atoms with Crippen LogP contribution in [0.15, 0.2) is 66.0 Å². The minimum atomic E-state index is -0.332. The van der Waals surface area contributed by atoms with E-state index in [0.29, 0.717) is 16.3 Å². The van der Waals surface area contributed by atoms with Crippen LogP contribution in [0.3, 0.4) is 0 Å². The van der Waals surface area contributed by atoms with E-state index in [0.717, 1.165) is 5.56 Å². The normalized spacial score (nSPS) is 10.8. The number of hydrazone groups is 1. The number of rotatable bonds is 6. The van der Waals surface area contributed by atoms with E-state index in [9.17, 15) is 4.79 Å². The molecule has 0 amide bonds. The number of hydrogen-bond donors (Lipinski definition) is 1. The second-order valence-electron chi connectivity index (χ2n) is 5.36. The topological polar surface area (TPSA) is 82.5 Å². The van der Waals surface area contributed by atoms with Gasteiger partial charge in [-0.2, -0.15) is 10.4 Å². The first-order valence-electron chi connectivity index (χ1n) is 7.48. The molecule has 0 atom stereocenters. The highest BCUT2D eigenvalue weighted by atomic mass is 35.5. The van der Waals surface area contributed by atoms with Crippen molar-refractivity contribution in [2.24, 2.45) is 10.8 Å². The van der Waals surface area contributed by atoms with Crippen LogP contribution in [0.4, 0.5) is 5.69 Å². The molecule has 0 aliphatic carbocycles. The smallest absolute Gasteiger partial charge is 0.210 e. The number of carbonyl (C=O) groups excluding carboxylic acids is 1. The van der Waals surface area contributed by atoms with Gasteiger partial charge in [0.25, 0.3) is 0 Å². The van der Waals surface area contributed by atoms with Gasteiger partial charge in [0.1, 0.15) is 11.5 Å². The molecule has 0 fully saturated rings. The van der Waals surface area contributed by atoms with Crippen LogP contribution in [0.25, 0.3) is 0 Å². The summed E-state index contributed by atoms with van der Waals surface area (Å²) in [5, 5.41) is 15.2. The van der Waals surface area contributed by atoms with Crippen LogP contribution in [0.2, 0.25) is 5.02 Å². The van der Waals surface area contributed by atoms with Gasteiger partial charge < -0.3 is 5.73 Å². The van der Waals surface area contributed by atoms with E-state index >= 15 is 0 Å². The largest absolute Gasteiger partial charge is 0.384 e. The molecule has 0 aliphatic heterocycles. The molecule has 0 bridgehead atoms. The summed E-state index contributed by atoms with van der Waals surface area (Å²) >= 11 is 5.89. The van der Waals surface area contributed by atoms with Crippen molar-refractivity contribution in [2.75, 3.05) is 5.01 Å². The third-order valence-corrected chi connectivity index (χ3v) is 3.64. The molecule has 6 heteroatoms. The molecule has 2 N–H and O–H groups in total. The van der Waals surface area contributed by atoms with Crippen LogP contribution in [0.5, 0.6) is 0 Å². The Morgan fingerprint density at radius 2 is 1.84 bits per heavy atom. The van der Waals surface area contributed by atoms with E-state index in [4.69, 9.17) is 22.6 Å². The zero-order valence-electron chi connectivity index (χ0n) is 13.7. The molecule has 0 saturated heterocycles. The molecule has 0 heterocycles. The van der Waals surface area contributed by atoms with E-state index < -0.39 is 0 Å². The molecule has 2 aromatic carbocycles. The minimum absolute atomic E-state index is 0.0768. The summed E-state index contributed by atoms with van der Waals surface area (Å²) < 4.78 is 0. The molecule has 5 nitrogen and oxygen atoms in total. The van der Waals surface area contributed by atoms with Crippen molar-refractivity contribution in [3.8, 4) is 6.07 Å². The van der Waals surface area contributed by atoms with E-state index in [-0.39, 0.29) is 23.7 Å². The fourth-order valence-corrected chi connectivity index (χ4v) is 2.22. The highest BCUT2D eigenvalue weighted by molar-refractivity contribution is 6.46. The summed E-state index contributed by atoms with van der Waals surface area (Å²) in [6, 6.07) is 15.8. The second-order valence-corrected chi connectivity index (χ2v) is 5.79. The molecule has 0 spiro atoms. The fraction of sp³-hybridized carbons (Fsp3) is 0.105. The monoisotopic (exact) mass is 352 g/mol. The predicted octanol–water partition coefficient (Wildman–Crippen LogP) is 4.04. The van der Waals surface area contributed by atoms with Crippen molar-refractivity contribution >= 4 is 28.8 Å². The number of nitrogens with two attached hydrogens (primary N) is 1. The van der Waals surface area contributed by atoms with E-state index in [1.165, 1.54) is 5.01 Å². The summed E-state index contributed by atoms with van der Waals surface area (Å²) in [5.41, 5.74) is 7.96. The quantitative estimate of drug-likeness (QED) is 0.483. The van der Waals surface area contributed by atoms with Crippen LogP contribution in [-0.2, 0) is 0 Å². The lowest BCUT2D eigenvalue weighted by Crippen LogP contribution is -2.26. The number of nitriles is 1. The number of anilines is 1.